The van der Waals surface area contributed by atoms with Crippen LogP contribution in [0.4, 0.5) is 0 Å². The second kappa shape index (κ2) is 5.91. The standard InChI is InChI=1S/C10H16N4O4/c11-13-9(15)1-2-10(16)14(4-8-6-18-8)12-3-7-5-17-7/h1-2,7-8,12H,3-6,11H2,(H,13,15)/b2-1-. The molecule has 0 saturated carbocycles. The molecule has 2 atom stereocenters. The first kappa shape index (κ1) is 13.0. The average Bonchev–Trinajstić information content (AvgIpc) is 3.25. The summed E-state index contributed by atoms with van der Waals surface area (Å²) in [6.07, 6.45) is 2.47. The maximum atomic E-state index is 11.8. The van der Waals surface area contributed by atoms with Crippen LogP contribution in [0.3, 0.4) is 0 Å². The van der Waals surface area contributed by atoms with E-state index >= 15 is 0 Å². The van der Waals surface area contributed by atoms with Gasteiger partial charge in [0.2, 0.25) is 0 Å². The van der Waals surface area contributed by atoms with E-state index in [9.17, 15) is 9.59 Å². The van der Waals surface area contributed by atoms with Crippen molar-refractivity contribution in [3.8, 4) is 0 Å². The minimum Gasteiger partial charge on any atom is -0.372 e. The zero-order valence-corrected chi connectivity index (χ0v) is 9.80. The molecule has 2 fully saturated rings. The number of ether oxygens (including phenoxy) is 2. The summed E-state index contributed by atoms with van der Waals surface area (Å²) in [6.45, 7) is 2.37. The maximum Gasteiger partial charge on any atom is 0.260 e. The Morgan fingerprint density at radius 3 is 2.50 bits per heavy atom. The number of hydrogen-bond donors (Lipinski definition) is 3. The molecule has 100 valence electrons. The lowest BCUT2D eigenvalue weighted by atomic mass is 10.4. The van der Waals surface area contributed by atoms with Crippen molar-refractivity contribution >= 4 is 11.8 Å². The topological polar surface area (TPSA) is 113 Å². The number of nitrogens with zero attached hydrogens (tertiary/aromatic N) is 1. The highest BCUT2D eigenvalue weighted by atomic mass is 16.6. The Kier molecular flexibility index (Phi) is 4.26. The quantitative estimate of drug-likeness (QED) is 0.155. The second-order valence-corrected chi connectivity index (χ2v) is 4.06. The van der Waals surface area contributed by atoms with Gasteiger partial charge in [0.15, 0.2) is 0 Å². The molecule has 0 aromatic heterocycles. The van der Waals surface area contributed by atoms with Gasteiger partial charge in [0.1, 0.15) is 6.10 Å². The minimum atomic E-state index is -0.531. The van der Waals surface area contributed by atoms with E-state index in [0.717, 1.165) is 12.2 Å². The van der Waals surface area contributed by atoms with Crippen LogP contribution < -0.4 is 16.7 Å². The van der Waals surface area contributed by atoms with Gasteiger partial charge >= 0.3 is 0 Å². The van der Waals surface area contributed by atoms with Crippen LogP contribution >= 0.6 is 0 Å². The Labute approximate surface area is 104 Å². The number of carbonyl (C=O) groups is 2. The van der Waals surface area contributed by atoms with Crippen molar-refractivity contribution in [1.29, 1.82) is 0 Å². The predicted molar refractivity (Wildman–Crippen MR) is 60.7 cm³/mol. The molecular weight excluding hydrogens is 240 g/mol. The summed E-state index contributed by atoms with van der Waals surface area (Å²) >= 11 is 0. The zero-order chi connectivity index (χ0) is 13.0. The van der Waals surface area contributed by atoms with E-state index in [4.69, 9.17) is 15.3 Å². The van der Waals surface area contributed by atoms with Crippen LogP contribution in [-0.2, 0) is 19.1 Å². The monoisotopic (exact) mass is 256 g/mol. The molecule has 0 bridgehead atoms. The van der Waals surface area contributed by atoms with Crippen molar-refractivity contribution in [2.75, 3.05) is 26.3 Å². The van der Waals surface area contributed by atoms with E-state index in [1.165, 1.54) is 5.01 Å². The van der Waals surface area contributed by atoms with E-state index in [-0.39, 0.29) is 18.1 Å². The van der Waals surface area contributed by atoms with Gasteiger partial charge < -0.3 is 9.47 Å². The lowest BCUT2D eigenvalue weighted by Crippen LogP contribution is -2.46. The predicted octanol–water partition coefficient (Wildman–Crippen LogP) is -2.34. The lowest BCUT2D eigenvalue weighted by molar-refractivity contribution is -0.129. The molecule has 2 amide bonds. The van der Waals surface area contributed by atoms with Crippen LogP contribution in [0, 0.1) is 0 Å². The maximum absolute atomic E-state index is 11.8. The Morgan fingerprint density at radius 2 is 1.94 bits per heavy atom. The van der Waals surface area contributed by atoms with Crippen molar-refractivity contribution in [2.45, 2.75) is 12.2 Å². The summed E-state index contributed by atoms with van der Waals surface area (Å²) in [5, 5.41) is 1.42. The smallest absolute Gasteiger partial charge is 0.260 e. The molecule has 0 aromatic rings. The molecule has 2 heterocycles. The Hall–Kier alpha value is -1.48. The molecule has 8 heteroatoms. The van der Waals surface area contributed by atoms with Gasteiger partial charge in [-0.15, -0.1) is 0 Å². The van der Waals surface area contributed by atoms with Crippen LogP contribution in [0.1, 0.15) is 0 Å². The molecule has 0 aliphatic carbocycles. The normalized spacial score (nSPS) is 24.9. The molecule has 2 unspecified atom stereocenters. The minimum absolute atomic E-state index is 0.0679. The molecule has 2 aliphatic heterocycles. The van der Waals surface area contributed by atoms with E-state index in [1.807, 2.05) is 5.43 Å². The van der Waals surface area contributed by atoms with Crippen LogP contribution in [0.2, 0.25) is 0 Å². The average molecular weight is 256 g/mol. The summed E-state index contributed by atoms with van der Waals surface area (Å²) < 4.78 is 10.1. The van der Waals surface area contributed by atoms with Crippen molar-refractivity contribution in [3.05, 3.63) is 12.2 Å². The van der Waals surface area contributed by atoms with Crippen molar-refractivity contribution in [1.82, 2.24) is 15.9 Å². The van der Waals surface area contributed by atoms with Gasteiger partial charge in [-0.2, -0.15) is 0 Å². The lowest BCUT2D eigenvalue weighted by Gasteiger charge is -2.20. The third-order valence-corrected chi connectivity index (χ3v) is 2.49. The van der Waals surface area contributed by atoms with Gasteiger partial charge in [0.05, 0.1) is 25.9 Å². The number of epoxide rings is 2. The van der Waals surface area contributed by atoms with Gasteiger partial charge in [-0.25, -0.2) is 11.3 Å². The first-order valence-electron chi connectivity index (χ1n) is 5.66. The molecule has 18 heavy (non-hydrogen) atoms. The van der Waals surface area contributed by atoms with Gasteiger partial charge in [0, 0.05) is 18.7 Å². The molecule has 0 aromatic carbocycles. The summed E-state index contributed by atoms with van der Waals surface area (Å²) in [5.74, 6) is 4.05. The Bertz CT molecular complexity index is 352. The number of carbonyl (C=O) groups excluding carboxylic acids is 2. The third kappa shape index (κ3) is 4.41. The number of nitrogens with two attached hydrogens (primary N) is 1. The molecule has 2 saturated heterocycles. The first-order chi connectivity index (χ1) is 8.69. The van der Waals surface area contributed by atoms with Gasteiger partial charge in [-0.05, 0) is 0 Å². The molecule has 4 N–H and O–H groups in total. The number of amides is 2. The van der Waals surface area contributed by atoms with Gasteiger partial charge in [0.25, 0.3) is 11.8 Å². The number of nitrogens with one attached hydrogen (secondary N) is 2. The molecule has 2 rings (SSSR count). The number of hydrogen-bond acceptors (Lipinski definition) is 6. The highest BCUT2D eigenvalue weighted by Crippen LogP contribution is 2.11. The van der Waals surface area contributed by atoms with Crippen LogP contribution in [-0.4, -0.2) is 55.3 Å². The van der Waals surface area contributed by atoms with Crippen LogP contribution in [0.25, 0.3) is 0 Å². The fourth-order valence-electron chi connectivity index (χ4n) is 1.29. The van der Waals surface area contributed by atoms with Crippen molar-refractivity contribution in [3.63, 3.8) is 0 Å². The zero-order valence-electron chi connectivity index (χ0n) is 9.80. The summed E-state index contributed by atoms with van der Waals surface area (Å²) in [6, 6.07) is 0. The molecule has 0 radical (unpaired) electrons. The van der Waals surface area contributed by atoms with E-state index < -0.39 is 5.91 Å². The van der Waals surface area contributed by atoms with E-state index in [2.05, 4.69) is 5.43 Å². The fraction of sp³-hybridized carbons (Fsp3) is 0.600. The molecule has 2 aliphatic rings. The molecule has 8 nitrogen and oxygen atoms in total. The van der Waals surface area contributed by atoms with E-state index in [0.29, 0.717) is 26.3 Å². The Balaban J connectivity index is 1.81. The third-order valence-electron chi connectivity index (χ3n) is 2.49. The largest absolute Gasteiger partial charge is 0.372 e. The fourth-order valence-corrected chi connectivity index (χ4v) is 1.29. The first-order valence-corrected chi connectivity index (χ1v) is 5.66. The molecular formula is C10H16N4O4. The van der Waals surface area contributed by atoms with Gasteiger partial charge in [-0.1, -0.05) is 0 Å². The second-order valence-electron chi connectivity index (χ2n) is 4.06. The van der Waals surface area contributed by atoms with Crippen molar-refractivity contribution < 1.29 is 19.1 Å². The molecule has 0 spiro atoms. The SMILES string of the molecule is NNC(=O)/C=C\C(=O)N(CC1CO1)NCC1CO1. The van der Waals surface area contributed by atoms with Gasteiger partial charge in [-0.3, -0.25) is 20.0 Å². The summed E-state index contributed by atoms with van der Waals surface area (Å²) in [7, 11) is 0. The highest BCUT2D eigenvalue weighted by molar-refractivity contribution is 5.96. The Morgan fingerprint density at radius 1 is 1.28 bits per heavy atom. The van der Waals surface area contributed by atoms with Crippen LogP contribution in [0.5, 0.6) is 0 Å². The highest BCUT2D eigenvalue weighted by Gasteiger charge is 2.29. The number of hydrazine groups is 2. The summed E-state index contributed by atoms with van der Waals surface area (Å²) in [4.78, 5) is 22.7. The van der Waals surface area contributed by atoms with Crippen molar-refractivity contribution in [2.24, 2.45) is 5.84 Å². The van der Waals surface area contributed by atoms with Crippen LogP contribution in [0.15, 0.2) is 12.2 Å². The van der Waals surface area contributed by atoms with E-state index in [1.54, 1.807) is 0 Å². The summed E-state index contributed by atoms with van der Waals surface area (Å²) in [5.41, 5.74) is 4.87. The number of rotatable bonds is 7.